The molecule has 0 radical (unpaired) electrons. The Bertz CT molecular complexity index is 77.5. The number of hydrogen-bond donors (Lipinski definition) is 1. The fourth-order valence-corrected chi connectivity index (χ4v) is 1.80. The van der Waals surface area contributed by atoms with Gasteiger partial charge in [0.25, 0.3) is 0 Å². The third kappa shape index (κ3) is 6.67. The molecule has 1 nitrogen and oxygen atoms in total. The SMILES string of the molecule is C=CCSC[C@H](N)CI. The number of halogens is 1. The first-order chi connectivity index (χ1) is 4.31. The van der Waals surface area contributed by atoms with Gasteiger partial charge in [0.05, 0.1) is 0 Å². The molecule has 1 atom stereocenters. The largest absolute Gasteiger partial charge is 0.326 e. The van der Waals surface area contributed by atoms with Gasteiger partial charge in [-0.2, -0.15) is 11.8 Å². The average molecular weight is 257 g/mol. The van der Waals surface area contributed by atoms with Gasteiger partial charge in [-0.15, -0.1) is 6.58 Å². The Kier molecular flexibility index (Phi) is 7.49. The van der Waals surface area contributed by atoms with E-state index >= 15 is 0 Å². The van der Waals surface area contributed by atoms with Crippen molar-refractivity contribution in [1.82, 2.24) is 0 Å². The molecule has 0 aromatic rings. The molecule has 0 bridgehead atoms. The molecule has 0 saturated carbocycles. The molecule has 54 valence electrons. The van der Waals surface area contributed by atoms with Crippen LogP contribution in [0.2, 0.25) is 0 Å². The summed E-state index contributed by atoms with van der Waals surface area (Å²) in [6.07, 6.45) is 1.91. The Morgan fingerprint density at radius 1 is 1.78 bits per heavy atom. The van der Waals surface area contributed by atoms with Crippen LogP contribution in [0.15, 0.2) is 12.7 Å². The predicted molar refractivity (Wildman–Crippen MR) is 54.4 cm³/mol. The van der Waals surface area contributed by atoms with Crippen LogP contribution in [0.25, 0.3) is 0 Å². The predicted octanol–water partition coefficient (Wildman–Crippen LogP) is 1.67. The molecule has 2 N–H and O–H groups in total. The van der Waals surface area contributed by atoms with Crippen molar-refractivity contribution < 1.29 is 0 Å². The van der Waals surface area contributed by atoms with E-state index in [9.17, 15) is 0 Å². The number of rotatable bonds is 5. The zero-order valence-electron chi connectivity index (χ0n) is 5.35. The summed E-state index contributed by atoms with van der Waals surface area (Å²) >= 11 is 4.14. The molecule has 0 aromatic heterocycles. The zero-order valence-corrected chi connectivity index (χ0v) is 8.32. The number of hydrogen-bond acceptors (Lipinski definition) is 2. The highest BCUT2D eigenvalue weighted by atomic mass is 127. The van der Waals surface area contributed by atoms with Crippen LogP contribution in [0.1, 0.15) is 0 Å². The molecule has 0 aliphatic heterocycles. The van der Waals surface area contributed by atoms with E-state index in [-0.39, 0.29) is 0 Å². The van der Waals surface area contributed by atoms with Gasteiger partial charge >= 0.3 is 0 Å². The van der Waals surface area contributed by atoms with Crippen molar-refractivity contribution >= 4 is 34.4 Å². The molecular weight excluding hydrogens is 245 g/mol. The second kappa shape index (κ2) is 6.89. The van der Waals surface area contributed by atoms with Crippen LogP contribution < -0.4 is 5.73 Å². The van der Waals surface area contributed by atoms with E-state index < -0.39 is 0 Å². The highest BCUT2D eigenvalue weighted by Gasteiger charge is 1.96. The molecule has 0 saturated heterocycles. The van der Waals surface area contributed by atoms with Crippen LogP contribution >= 0.6 is 34.4 Å². The lowest BCUT2D eigenvalue weighted by Crippen LogP contribution is -2.24. The molecule has 0 heterocycles. The molecule has 0 aliphatic carbocycles. The minimum absolute atomic E-state index is 0.357. The van der Waals surface area contributed by atoms with E-state index in [4.69, 9.17) is 5.73 Å². The van der Waals surface area contributed by atoms with Gasteiger partial charge in [0.2, 0.25) is 0 Å². The van der Waals surface area contributed by atoms with Gasteiger partial charge < -0.3 is 5.73 Å². The van der Waals surface area contributed by atoms with E-state index in [1.165, 1.54) is 0 Å². The standard InChI is InChI=1S/C6H12INS/c1-2-3-9-5-6(8)4-7/h2,6H,1,3-5,8H2/t6-/m1/s1. The van der Waals surface area contributed by atoms with E-state index in [0.717, 1.165) is 15.9 Å². The average Bonchev–Trinajstić information content (AvgIpc) is 1.89. The highest BCUT2D eigenvalue weighted by Crippen LogP contribution is 2.02. The fourth-order valence-electron chi connectivity index (χ4n) is 0.347. The van der Waals surface area contributed by atoms with Crippen LogP contribution in [0.4, 0.5) is 0 Å². The minimum atomic E-state index is 0.357. The number of thioether (sulfide) groups is 1. The van der Waals surface area contributed by atoms with Gasteiger partial charge in [-0.25, -0.2) is 0 Å². The van der Waals surface area contributed by atoms with Crippen LogP contribution in [0.3, 0.4) is 0 Å². The van der Waals surface area contributed by atoms with Crippen molar-refractivity contribution in [3.63, 3.8) is 0 Å². The first-order valence-corrected chi connectivity index (χ1v) is 5.49. The van der Waals surface area contributed by atoms with Gasteiger partial charge in [0, 0.05) is 22.0 Å². The van der Waals surface area contributed by atoms with E-state index in [0.29, 0.717) is 6.04 Å². The number of nitrogens with two attached hydrogens (primary N) is 1. The molecule has 0 spiro atoms. The summed E-state index contributed by atoms with van der Waals surface area (Å²) in [4.78, 5) is 0. The first-order valence-electron chi connectivity index (χ1n) is 2.81. The van der Waals surface area contributed by atoms with Gasteiger partial charge in [0.15, 0.2) is 0 Å². The van der Waals surface area contributed by atoms with Gasteiger partial charge in [0.1, 0.15) is 0 Å². The van der Waals surface area contributed by atoms with Crippen LogP contribution in [-0.2, 0) is 0 Å². The lowest BCUT2D eigenvalue weighted by atomic mass is 10.4. The van der Waals surface area contributed by atoms with E-state index in [1.54, 1.807) is 0 Å². The normalized spacial score (nSPS) is 13.1. The van der Waals surface area contributed by atoms with Gasteiger partial charge in [-0.1, -0.05) is 28.7 Å². The van der Waals surface area contributed by atoms with Gasteiger partial charge in [-0.05, 0) is 0 Å². The maximum Gasteiger partial charge on any atom is 0.0221 e. The second-order valence-electron chi connectivity index (χ2n) is 1.74. The highest BCUT2D eigenvalue weighted by molar-refractivity contribution is 14.1. The molecule has 0 fully saturated rings. The van der Waals surface area contributed by atoms with Gasteiger partial charge in [-0.3, -0.25) is 0 Å². The monoisotopic (exact) mass is 257 g/mol. The van der Waals surface area contributed by atoms with Crippen LogP contribution in [0.5, 0.6) is 0 Å². The molecule has 0 aromatic carbocycles. The van der Waals surface area contributed by atoms with Crippen LogP contribution in [-0.4, -0.2) is 22.0 Å². The van der Waals surface area contributed by atoms with Crippen molar-refractivity contribution in [2.45, 2.75) is 6.04 Å². The maximum atomic E-state index is 5.65. The summed E-state index contributed by atoms with van der Waals surface area (Å²) in [5.74, 6) is 2.07. The number of alkyl halides is 1. The molecule has 0 unspecified atom stereocenters. The molecule has 3 heteroatoms. The first kappa shape index (κ1) is 9.78. The summed E-state index contributed by atoms with van der Waals surface area (Å²) in [7, 11) is 0. The quantitative estimate of drug-likeness (QED) is 0.351. The second-order valence-corrected chi connectivity index (χ2v) is 3.70. The third-order valence-electron chi connectivity index (χ3n) is 0.766. The Hall–Kier alpha value is 0.780. The summed E-state index contributed by atoms with van der Waals surface area (Å²) in [6.45, 7) is 3.62. The van der Waals surface area contributed by atoms with Crippen molar-refractivity contribution in [3.05, 3.63) is 12.7 Å². The minimum Gasteiger partial charge on any atom is -0.326 e. The summed E-state index contributed by atoms with van der Waals surface area (Å²) in [6, 6.07) is 0.357. The fraction of sp³-hybridized carbons (Fsp3) is 0.667. The third-order valence-corrected chi connectivity index (χ3v) is 3.03. The summed E-state index contributed by atoms with van der Waals surface area (Å²) < 4.78 is 1.04. The van der Waals surface area contributed by atoms with Crippen molar-refractivity contribution in [1.29, 1.82) is 0 Å². The Morgan fingerprint density at radius 2 is 2.44 bits per heavy atom. The molecule has 9 heavy (non-hydrogen) atoms. The summed E-state index contributed by atoms with van der Waals surface area (Å²) in [5, 5.41) is 0. The molecule has 0 rings (SSSR count). The zero-order chi connectivity index (χ0) is 7.11. The lowest BCUT2D eigenvalue weighted by molar-refractivity contribution is 0.874. The molecule has 0 amide bonds. The van der Waals surface area contributed by atoms with Crippen molar-refractivity contribution in [2.75, 3.05) is 15.9 Å². The topological polar surface area (TPSA) is 26.0 Å². The maximum absolute atomic E-state index is 5.65. The van der Waals surface area contributed by atoms with Crippen molar-refractivity contribution in [3.8, 4) is 0 Å². The Labute approximate surface area is 74.6 Å². The molecular formula is C6H12INS. The lowest BCUT2D eigenvalue weighted by Gasteiger charge is -2.04. The van der Waals surface area contributed by atoms with E-state index in [2.05, 4.69) is 29.2 Å². The Balaban J connectivity index is 2.96. The summed E-state index contributed by atoms with van der Waals surface area (Å²) in [5.41, 5.74) is 5.65. The molecule has 0 aliphatic rings. The smallest absolute Gasteiger partial charge is 0.0221 e. The van der Waals surface area contributed by atoms with E-state index in [1.807, 2.05) is 17.8 Å². The van der Waals surface area contributed by atoms with Crippen molar-refractivity contribution in [2.24, 2.45) is 5.73 Å². The van der Waals surface area contributed by atoms with Crippen LogP contribution in [0, 0.1) is 0 Å². The Morgan fingerprint density at radius 3 is 2.89 bits per heavy atom.